The normalized spacial score (nSPS) is 15.0. The highest BCUT2D eigenvalue weighted by atomic mass is 31.2. The van der Waals surface area contributed by atoms with Gasteiger partial charge in [0.05, 0.1) is 0 Å². The summed E-state index contributed by atoms with van der Waals surface area (Å²) in [7, 11) is -16.3. The molecule has 0 bridgehead atoms. The zero-order valence-electron chi connectivity index (χ0n) is 22.2. The first-order valence-corrected chi connectivity index (χ1v) is 19.1. The fraction of sp³-hybridized carbons (Fsp3) is 1.00. The minimum atomic E-state index is -4.34. The predicted octanol–water partition coefficient (Wildman–Crippen LogP) is 1.40. The van der Waals surface area contributed by atoms with Crippen molar-refractivity contribution in [2.45, 2.75) is 51.4 Å². The van der Waals surface area contributed by atoms with E-state index in [2.05, 4.69) is 13.6 Å². The van der Waals surface area contributed by atoms with Crippen LogP contribution in [0.25, 0.3) is 0 Å². The van der Waals surface area contributed by atoms with E-state index in [4.69, 9.17) is 38.8 Å². The van der Waals surface area contributed by atoms with Gasteiger partial charge in [0.2, 0.25) is 0 Å². The van der Waals surface area contributed by atoms with E-state index in [1.54, 1.807) is 0 Å². The second kappa shape index (κ2) is 25.2. The zero-order chi connectivity index (χ0) is 30.4. The van der Waals surface area contributed by atoms with Crippen molar-refractivity contribution in [1.82, 2.24) is 14.7 Å². The maximum absolute atomic E-state index is 11.3. The van der Waals surface area contributed by atoms with Crippen molar-refractivity contribution in [3.8, 4) is 0 Å². The lowest BCUT2D eigenvalue weighted by Crippen LogP contribution is -2.29. The van der Waals surface area contributed by atoms with Crippen LogP contribution in [0.2, 0.25) is 0 Å². The summed E-state index contributed by atoms with van der Waals surface area (Å²) >= 11 is 0. The van der Waals surface area contributed by atoms with Crippen molar-refractivity contribution in [1.29, 1.82) is 0 Å². The van der Waals surface area contributed by atoms with Crippen LogP contribution >= 0.6 is 41.0 Å². The van der Waals surface area contributed by atoms with Crippen LogP contribution in [0.1, 0.15) is 51.4 Å². The molecule has 0 aliphatic heterocycles. The Bertz CT molecular complexity index is 748. The largest absolute Gasteiger partial charge is 0.339 e. The SMILES string of the molecule is O=[PH](O)OCN(CCCCCCN(CO[PH](=O)O)CO[PH](=O)O)CCCCCCN(COP(O)O)CP(=O)(O)O. The average molecular weight is 685 g/mol. The van der Waals surface area contributed by atoms with Crippen LogP contribution in [-0.4, -0.2) is 108 Å². The molecule has 0 heterocycles. The summed E-state index contributed by atoms with van der Waals surface area (Å²) in [4.78, 5) is 67.4. The minimum Gasteiger partial charge on any atom is -0.328 e. The number of hydrogen-bond acceptors (Lipinski definition) is 13. The van der Waals surface area contributed by atoms with Crippen LogP contribution in [0.5, 0.6) is 0 Å². The molecular formula is C17H44N3O15P5. The highest BCUT2D eigenvalue weighted by Crippen LogP contribution is 2.36. The molecule has 0 saturated heterocycles. The molecule has 0 aromatic heterocycles. The molecule has 23 heteroatoms. The first kappa shape index (κ1) is 40.8. The van der Waals surface area contributed by atoms with Crippen LogP contribution in [0.15, 0.2) is 0 Å². The fourth-order valence-electron chi connectivity index (χ4n) is 3.47. The minimum absolute atomic E-state index is 0.00377. The van der Waals surface area contributed by atoms with Gasteiger partial charge >= 0.3 is 41.0 Å². The van der Waals surface area contributed by atoms with Gasteiger partial charge in [-0.15, -0.1) is 0 Å². The summed E-state index contributed by atoms with van der Waals surface area (Å²) in [5.41, 5.74) is 0. The van der Waals surface area contributed by atoms with Crippen LogP contribution < -0.4 is 0 Å². The lowest BCUT2D eigenvalue weighted by Gasteiger charge is -2.23. The number of nitrogens with zero attached hydrogens (tertiary/aromatic N) is 3. The third-order valence-electron chi connectivity index (χ3n) is 5.25. The molecule has 3 atom stereocenters. The molecule has 7 N–H and O–H groups in total. The zero-order valence-corrected chi connectivity index (χ0v) is 26.9. The second-order valence-electron chi connectivity index (χ2n) is 8.67. The van der Waals surface area contributed by atoms with Crippen molar-refractivity contribution in [2.24, 2.45) is 0 Å². The van der Waals surface area contributed by atoms with Gasteiger partial charge in [-0.3, -0.25) is 51.1 Å². The molecule has 242 valence electrons. The molecule has 0 aliphatic rings. The van der Waals surface area contributed by atoms with Crippen LogP contribution in [0.4, 0.5) is 0 Å². The standard InChI is InChI=1S/C17H44N3O15P5/c21-36(22)32-13-18(9-5-1-3-7-11-19(14-33-37(23)24)15-34-38(25)26)10-6-2-4-8-12-20(16-35-39(27)28)17-40(29,30)31/h27-28,36-38H,1-17H2,(H,21,22)(H,23,24)(H,25,26)(H2,29,30,31). The van der Waals surface area contributed by atoms with Crippen LogP contribution in [-0.2, 0) is 36.4 Å². The molecule has 40 heavy (non-hydrogen) atoms. The summed E-state index contributed by atoms with van der Waals surface area (Å²) in [6.07, 6.45) is 5.34. The topological polar surface area (TPSA) is 257 Å². The first-order chi connectivity index (χ1) is 18.8. The Morgan fingerprint density at radius 2 is 0.925 bits per heavy atom. The van der Waals surface area contributed by atoms with Gasteiger partial charge < -0.3 is 34.3 Å². The van der Waals surface area contributed by atoms with Crippen molar-refractivity contribution in [3.63, 3.8) is 0 Å². The molecule has 3 unspecified atom stereocenters. The van der Waals surface area contributed by atoms with E-state index in [0.29, 0.717) is 39.0 Å². The molecular weight excluding hydrogens is 641 g/mol. The van der Waals surface area contributed by atoms with E-state index in [0.717, 1.165) is 38.5 Å². The smallest absolute Gasteiger partial charge is 0.328 e. The monoisotopic (exact) mass is 685 g/mol. The Kier molecular flexibility index (Phi) is 25.6. The van der Waals surface area contributed by atoms with E-state index in [-0.39, 0.29) is 26.9 Å². The molecule has 18 nitrogen and oxygen atoms in total. The fourth-order valence-corrected chi connectivity index (χ4v) is 5.36. The van der Waals surface area contributed by atoms with Gasteiger partial charge in [-0.1, -0.05) is 25.7 Å². The molecule has 0 aromatic carbocycles. The first-order valence-electron chi connectivity index (χ1n) is 12.4. The summed E-state index contributed by atoms with van der Waals surface area (Å²) in [5.74, 6) is 0. The quantitative estimate of drug-likeness (QED) is 0.0349. The maximum Gasteiger partial charge on any atom is 0.339 e. The van der Waals surface area contributed by atoms with Gasteiger partial charge in [0, 0.05) is 26.2 Å². The summed E-state index contributed by atoms with van der Waals surface area (Å²) in [6.45, 7) is 1.19. The van der Waals surface area contributed by atoms with E-state index in [1.807, 2.05) is 4.90 Å². The number of unbranched alkanes of at least 4 members (excludes halogenated alkanes) is 6. The van der Waals surface area contributed by atoms with E-state index < -0.39 is 47.2 Å². The molecule has 0 radical (unpaired) electrons. The summed E-state index contributed by atoms with van der Waals surface area (Å²) in [6, 6.07) is 0. The summed E-state index contributed by atoms with van der Waals surface area (Å²) in [5, 5.41) is 0. The molecule has 0 amide bonds. The number of rotatable bonds is 28. The van der Waals surface area contributed by atoms with Gasteiger partial charge in [0.1, 0.15) is 33.2 Å². The Hall–Kier alpha value is 0.790. The lowest BCUT2D eigenvalue weighted by atomic mass is 10.1. The van der Waals surface area contributed by atoms with Gasteiger partial charge in [-0.25, -0.2) is 0 Å². The van der Waals surface area contributed by atoms with Gasteiger partial charge in [-0.2, -0.15) is 0 Å². The third kappa shape index (κ3) is 28.9. The maximum atomic E-state index is 11.3. The Morgan fingerprint density at radius 1 is 0.575 bits per heavy atom. The van der Waals surface area contributed by atoms with E-state index >= 15 is 0 Å². The Balaban J connectivity index is 4.34. The lowest BCUT2D eigenvalue weighted by molar-refractivity contribution is 0.0491. The molecule has 0 aromatic rings. The van der Waals surface area contributed by atoms with Crippen molar-refractivity contribution >= 4 is 41.0 Å². The highest BCUT2D eigenvalue weighted by Gasteiger charge is 2.20. The molecule has 0 aliphatic carbocycles. The molecule has 0 fully saturated rings. The third-order valence-corrected chi connectivity index (χ3v) is 7.49. The van der Waals surface area contributed by atoms with Crippen molar-refractivity contribution < 1.29 is 70.6 Å². The van der Waals surface area contributed by atoms with E-state index in [9.17, 15) is 18.3 Å². The predicted molar refractivity (Wildman–Crippen MR) is 148 cm³/mol. The van der Waals surface area contributed by atoms with Crippen molar-refractivity contribution in [2.75, 3.05) is 59.4 Å². The van der Waals surface area contributed by atoms with E-state index in [1.165, 1.54) is 9.80 Å². The average Bonchev–Trinajstić information content (AvgIpc) is 2.84. The second-order valence-corrected chi connectivity index (χ2v) is 13.5. The molecule has 0 rings (SSSR count). The Labute approximate surface area is 237 Å². The molecule has 0 saturated carbocycles. The van der Waals surface area contributed by atoms with Crippen LogP contribution in [0, 0.1) is 0 Å². The Morgan fingerprint density at radius 3 is 1.27 bits per heavy atom. The van der Waals surface area contributed by atoms with Crippen LogP contribution in [0.3, 0.4) is 0 Å². The highest BCUT2D eigenvalue weighted by molar-refractivity contribution is 7.51. The van der Waals surface area contributed by atoms with Crippen molar-refractivity contribution in [3.05, 3.63) is 0 Å². The van der Waals surface area contributed by atoms with Gasteiger partial charge in [-0.05, 0) is 25.7 Å². The number of hydrogen-bond donors (Lipinski definition) is 7. The van der Waals surface area contributed by atoms with Gasteiger partial charge in [0.25, 0.3) is 0 Å². The molecule has 0 spiro atoms. The summed E-state index contributed by atoms with van der Waals surface area (Å²) < 4.78 is 62.6. The van der Waals surface area contributed by atoms with Gasteiger partial charge in [0.15, 0.2) is 0 Å².